The molecule has 1 aliphatic heterocycles. The fourth-order valence-electron chi connectivity index (χ4n) is 2.88. The molecule has 0 aliphatic carbocycles. The molecule has 126 valence electrons. The number of hydrogen-bond acceptors (Lipinski definition) is 6. The van der Waals surface area contributed by atoms with Gasteiger partial charge in [0.1, 0.15) is 18.2 Å². The third-order valence-electron chi connectivity index (χ3n) is 4.07. The first-order valence-corrected chi connectivity index (χ1v) is 8.98. The van der Waals surface area contributed by atoms with Gasteiger partial charge in [-0.25, -0.2) is 4.98 Å². The van der Waals surface area contributed by atoms with Gasteiger partial charge in [-0.15, -0.1) is 10.2 Å². The maximum Gasteiger partial charge on any atom is 0.211 e. The highest BCUT2D eigenvalue weighted by atomic mass is 32.2. The molecule has 0 bridgehead atoms. The monoisotopic (exact) mass is 352 g/mol. The van der Waals surface area contributed by atoms with E-state index in [1.807, 2.05) is 48.5 Å². The highest BCUT2D eigenvalue weighted by Gasteiger charge is 2.21. The van der Waals surface area contributed by atoms with Crippen molar-refractivity contribution in [3.8, 4) is 11.5 Å². The van der Waals surface area contributed by atoms with E-state index in [0.29, 0.717) is 17.5 Å². The van der Waals surface area contributed by atoms with Gasteiger partial charge in [0.15, 0.2) is 17.1 Å². The van der Waals surface area contributed by atoms with E-state index in [4.69, 9.17) is 9.47 Å². The van der Waals surface area contributed by atoms with Gasteiger partial charge >= 0.3 is 0 Å². The van der Waals surface area contributed by atoms with E-state index in [1.54, 1.807) is 0 Å². The Hall–Kier alpha value is -2.80. The molecule has 2 aromatic carbocycles. The summed E-state index contributed by atoms with van der Waals surface area (Å²) in [5.74, 6) is 2.27. The molecule has 0 saturated heterocycles. The maximum atomic E-state index is 5.96. The van der Waals surface area contributed by atoms with E-state index in [0.717, 1.165) is 33.6 Å². The third-order valence-corrected chi connectivity index (χ3v) is 5.04. The Bertz CT molecular complexity index is 1070. The lowest BCUT2D eigenvalue weighted by atomic mass is 10.2. The highest BCUT2D eigenvalue weighted by molar-refractivity contribution is 7.99. The van der Waals surface area contributed by atoms with E-state index >= 15 is 0 Å². The fraction of sp³-hybridized carbons (Fsp3) is 0.167. The largest absolute Gasteiger partial charge is 0.486 e. The molecule has 4 aromatic rings. The molecule has 1 aliphatic rings. The zero-order chi connectivity index (χ0) is 16.6. The summed E-state index contributed by atoms with van der Waals surface area (Å²) in [7, 11) is 0. The van der Waals surface area contributed by atoms with Gasteiger partial charge in [-0.2, -0.15) is 0 Å². The van der Waals surface area contributed by atoms with Crippen molar-refractivity contribution in [3.05, 3.63) is 48.5 Å². The van der Waals surface area contributed by atoms with Crippen LogP contribution in [0, 0.1) is 0 Å². The lowest BCUT2D eigenvalue weighted by Crippen LogP contribution is -2.31. The average molecular weight is 352 g/mol. The normalized spacial score (nSPS) is 16.4. The van der Waals surface area contributed by atoms with E-state index < -0.39 is 0 Å². The predicted octanol–water partition coefficient (Wildman–Crippen LogP) is 3.68. The van der Waals surface area contributed by atoms with Gasteiger partial charge in [0.05, 0.1) is 0 Å². The SMILES string of the molecule is [HH].c1ccc2c(c1)OCC(CSc1nnc3c(n1)[nH]c1ccccc13)O2. The summed E-state index contributed by atoms with van der Waals surface area (Å²) in [6.45, 7) is 0.520. The van der Waals surface area contributed by atoms with E-state index in [2.05, 4.69) is 20.2 Å². The Labute approximate surface area is 149 Å². The number of hydrogen-bond donors (Lipinski definition) is 1. The molecule has 0 spiro atoms. The highest BCUT2D eigenvalue weighted by Crippen LogP contribution is 2.32. The summed E-state index contributed by atoms with van der Waals surface area (Å²) in [5.41, 5.74) is 2.57. The second-order valence-electron chi connectivity index (χ2n) is 5.77. The van der Waals surface area contributed by atoms with Crippen LogP contribution in [0.1, 0.15) is 1.43 Å². The number of benzene rings is 2. The number of aromatic amines is 1. The van der Waals surface area contributed by atoms with Gasteiger partial charge in [-0.1, -0.05) is 42.1 Å². The first-order chi connectivity index (χ1) is 12.4. The second-order valence-corrected chi connectivity index (χ2v) is 6.76. The Morgan fingerprint density at radius 1 is 1.08 bits per heavy atom. The third kappa shape index (κ3) is 2.66. The van der Waals surface area contributed by atoms with Crippen molar-refractivity contribution in [1.82, 2.24) is 20.2 Å². The number of ether oxygens (including phenoxy) is 2. The average Bonchev–Trinajstić information content (AvgIpc) is 3.04. The first-order valence-electron chi connectivity index (χ1n) is 7.99. The number of para-hydroxylation sites is 3. The van der Waals surface area contributed by atoms with Crippen LogP contribution in [0.15, 0.2) is 53.7 Å². The van der Waals surface area contributed by atoms with E-state index in [-0.39, 0.29) is 7.53 Å². The topological polar surface area (TPSA) is 72.9 Å². The minimum atomic E-state index is -0.0399. The Balaban J connectivity index is 0.00000168. The minimum absolute atomic E-state index is 0. The summed E-state index contributed by atoms with van der Waals surface area (Å²) < 4.78 is 11.7. The maximum absolute atomic E-state index is 5.96. The van der Waals surface area contributed by atoms with Gasteiger partial charge in [0, 0.05) is 18.1 Å². The van der Waals surface area contributed by atoms with Crippen LogP contribution in [0.5, 0.6) is 11.5 Å². The Morgan fingerprint density at radius 3 is 2.88 bits per heavy atom. The summed E-state index contributed by atoms with van der Waals surface area (Å²) in [6, 6.07) is 15.7. The molecule has 0 saturated carbocycles. The zero-order valence-corrected chi connectivity index (χ0v) is 14.0. The number of H-pyrrole nitrogens is 1. The molecule has 2 aromatic heterocycles. The second kappa shape index (κ2) is 5.93. The number of nitrogens with one attached hydrogen (secondary N) is 1. The van der Waals surface area contributed by atoms with Crippen molar-refractivity contribution in [2.24, 2.45) is 0 Å². The number of nitrogens with zero attached hydrogens (tertiary/aromatic N) is 3. The zero-order valence-electron chi connectivity index (χ0n) is 13.2. The van der Waals surface area contributed by atoms with Crippen LogP contribution in [0.4, 0.5) is 0 Å². The van der Waals surface area contributed by atoms with Crippen LogP contribution in [0.25, 0.3) is 22.1 Å². The molecule has 25 heavy (non-hydrogen) atoms. The lowest BCUT2D eigenvalue weighted by Gasteiger charge is -2.25. The van der Waals surface area contributed by atoms with Crippen molar-refractivity contribution in [1.29, 1.82) is 0 Å². The molecule has 0 radical (unpaired) electrons. The molecule has 0 amide bonds. The summed E-state index contributed by atoms with van der Waals surface area (Å²) >= 11 is 1.52. The van der Waals surface area contributed by atoms with Crippen LogP contribution in [0.2, 0.25) is 0 Å². The van der Waals surface area contributed by atoms with Crippen LogP contribution in [-0.4, -0.2) is 38.6 Å². The Kier molecular flexibility index (Phi) is 3.45. The van der Waals surface area contributed by atoms with Crippen molar-refractivity contribution in [2.45, 2.75) is 11.3 Å². The molecule has 7 heteroatoms. The molecular weight excluding hydrogens is 336 g/mol. The van der Waals surface area contributed by atoms with Gasteiger partial charge < -0.3 is 14.5 Å². The number of aromatic nitrogens is 4. The lowest BCUT2D eigenvalue weighted by molar-refractivity contribution is 0.107. The van der Waals surface area contributed by atoms with Gasteiger partial charge in [0.2, 0.25) is 5.16 Å². The van der Waals surface area contributed by atoms with Gasteiger partial charge in [-0.05, 0) is 18.2 Å². The van der Waals surface area contributed by atoms with Gasteiger partial charge in [0.25, 0.3) is 0 Å². The van der Waals surface area contributed by atoms with Crippen LogP contribution in [0.3, 0.4) is 0 Å². The molecule has 3 heterocycles. The standard InChI is InChI=1S/C18H14N4O2S.H2/c1-2-6-13-12(5-1)16-17(19-13)20-18(22-21-16)25-10-11-9-23-14-7-3-4-8-15(14)24-11;/h1-8,11H,9-10H2,(H,19,20,22);1H. The Morgan fingerprint density at radius 2 is 1.92 bits per heavy atom. The number of fused-ring (bicyclic) bond motifs is 4. The summed E-state index contributed by atoms with van der Waals surface area (Å²) in [5, 5.41) is 10.2. The van der Waals surface area contributed by atoms with Crippen LogP contribution in [-0.2, 0) is 0 Å². The van der Waals surface area contributed by atoms with Crippen molar-refractivity contribution in [2.75, 3.05) is 12.4 Å². The summed E-state index contributed by atoms with van der Waals surface area (Å²) in [4.78, 5) is 7.87. The van der Waals surface area contributed by atoms with Crippen molar-refractivity contribution >= 4 is 33.8 Å². The molecule has 1 unspecified atom stereocenters. The van der Waals surface area contributed by atoms with Crippen LogP contribution < -0.4 is 9.47 Å². The molecule has 1 N–H and O–H groups in total. The quantitative estimate of drug-likeness (QED) is 0.567. The molecule has 5 rings (SSSR count). The molecular formula is C18H16N4O2S. The predicted molar refractivity (Wildman–Crippen MR) is 98.4 cm³/mol. The molecule has 0 fully saturated rings. The molecule has 1 atom stereocenters. The fourth-order valence-corrected chi connectivity index (χ4v) is 3.63. The van der Waals surface area contributed by atoms with E-state index in [9.17, 15) is 0 Å². The minimum Gasteiger partial charge on any atom is -0.486 e. The number of rotatable bonds is 3. The number of thioether (sulfide) groups is 1. The van der Waals surface area contributed by atoms with Crippen molar-refractivity contribution in [3.63, 3.8) is 0 Å². The summed E-state index contributed by atoms with van der Waals surface area (Å²) in [6.07, 6.45) is -0.0399. The smallest absolute Gasteiger partial charge is 0.211 e. The molecule has 6 nitrogen and oxygen atoms in total. The van der Waals surface area contributed by atoms with E-state index in [1.165, 1.54) is 11.8 Å². The van der Waals surface area contributed by atoms with Gasteiger partial charge in [-0.3, -0.25) is 0 Å². The van der Waals surface area contributed by atoms with Crippen molar-refractivity contribution < 1.29 is 10.9 Å². The first kappa shape index (κ1) is 14.5. The van der Waals surface area contributed by atoms with Crippen LogP contribution >= 0.6 is 11.8 Å².